The highest BCUT2D eigenvalue weighted by Gasteiger charge is 2.56. The lowest BCUT2D eigenvalue weighted by Gasteiger charge is -2.37. The third kappa shape index (κ3) is 5.69. The number of aliphatic hydroxyl groups is 1. The average molecular weight is 641 g/mol. The Balaban J connectivity index is 1.26. The summed E-state index contributed by atoms with van der Waals surface area (Å²) in [6.45, 7) is 5.66. The summed E-state index contributed by atoms with van der Waals surface area (Å²) in [5.41, 5.74) is 4.50. The number of ether oxygens (including phenoxy) is 1. The third-order valence-corrected chi connectivity index (χ3v) is 10.1. The number of benzene rings is 2. The van der Waals surface area contributed by atoms with Crippen LogP contribution in [0.5, 0.6) is 0 Å². The molecule has 2 N–H and O–H groups in total. The van der Waals surface area contributed by atoms with E-state index in [4.69, 9.17) is 4.74 Å². The van der Waals surface area contributed by atoms with Gasteiger partial charge in [0.15, 0.2) is 0 Å². The number of hydrogen-bond donors (Lipinski definition) is 2. The van der Waals surface area contributed by atoms with Crippen LogP contribution >= 0.6 is 0 Å². The fraction of sp³-hybridized carbons (Fsp3) is 0.472. The SMILES string of the molecule is CCCc1c(Cc2ccc(-c3ccccc3)c(C3=NNC(=O)C3)c2F)c(=O)n(C2CCC(OC3(C(C)(C)O)CC3)CC2)c2ncnn12. The average Bonchev–Trinajstić information content (AvgIpc) is 3.48. The Labute approximate surface area is 272 Å². The molecule has 2 aromatic carbocycles. The number of amides is 1. The number of fused-ring (bicyclic) bond motifs is 1. The van der Waals surface area contributed by atoms with E-state index in [2.05, 4.69) is 20.6 Å². The van der Waals surface area contributed by atoms with E-state index in [-0.39, 0.29) is 42.0 Å². The van der Waals surface area contributed by atoms with Crippen LogP contribution in [0.2, 0.25) is 0 Å². The van der Waals surface area contributed by atoms with Gasteiger partial charge < -0.3 is 9.84 Å². The molecule has 7 rings (SSSR count). The Morgan fingerprint density at radius 2 is 1.83 bits per heavy atom. The van der Waals surface area contributed by atoms with E-state index in [1.54, 1.807) is 15.1 Å². The molecule has 246 valence electrons. The van der Waals surface area contributed by atoms with Gasteiger partial charge in [0.1, 0.15) is 12.1 Å². The highest BCUT2D eigenvalue weighted by Crippen LogP contribution is 2.50. The van der Waals surface area contributed by atoms with Crippen molar-refractivity contribution in [1.82, 2.24) is 24.6 Å². The van der Waals surface area contributed by atoms with Gasteiger partial charge in [-0.3, -0.25) is 14.2 Å². The Bertz CT molecular complexity index is 1910. The largest absolute Gasteiger partial charge is 0.387 e. The van der Waals surface area contributed by atoms with E-state index in [1.807, 2.05) is 57.2 Å². The molecule has 0 spiro atoms. The van der Waals surface area contributed by atoms with E-state index < -0.39 is 17.0 Å². The summed E-state index contributed by atoms with van der Waals surface area (Å²) in [6, 6.07) is 12.9. The van der Waals surface area contributed by atoms with Crippen LogP contribution in [0.3, 0.4) is 0 Å². The van der Waals surface area contributed by atoms with Gasteiger partial charge in [0.05, 0.1) is 35.1 Å². The van der Waals surface area contributed by atoms with Gasteiger partial charge in [0.25, 0.3) is 5.56 Å². The number of hydrazone groups is 1. The van der Waals surface area contributed by atoms with E-state index in [1.165, 1.54) is 6.33 Å². The van der Waals surface area contributed by atoms with Crippen molar-refractivity contribution in [1.29, 1.82) is 0 Å². The molecule has 3 aliphatic rings. The second-order valence-electron chi connectivity index (χ2n) is 13.7. The Morgan fingerprint density at radius 1 is 1.09 bits per heavy atom. The first-order valence-corrected chi connectivity index (χ1v) is 16.7. The van der Waals surface area contributed by atoms with Crippen LogP contribution in [0.1, 0.15) is 101 Å². The minimum absolute atomic E-state index is 0.0131. The van der Waals surface area contributed by atoms with E-state index in [0.717, 1.165) is 43.4 Å². The zero-order valence-electron chi connectivity index (χ0n) is 27.1. The van der Waals surface area contributed by atoms with Gasteiger partial charge in [-0.25, -0.2) is 14.3 Å². The molecular formula is C36H41FN6O4. The lowest BCUT2D eigenvalue weighted by molar-refractivity contribution is -0.145. The molecule has 47 heavy (non-hydrogen) atoms. The van der Waals surface area contributed by atoms with Crippen molar-refractivity contribution in [2.75, 3.05) is 0 Å². The van der Waals surface area contributed by atoms with Crippen LogP contribution in [-0.2, 0) is 22.4 Å². The van der Waals surface area contributed by atoms with Gasteiger partial charge >= 0.3 is 0 Å². The first-order chi connectivity index (χ1) is 22.6. The van der Waals surface area contributed by atoms with Crippen molar-refractivity contribution < 1.29 is 19.0 Å². The smallest absolute Gasteiger partial charge is 0.259 e. The zero-order valence-corrected chi connectivity index (χ0v) is 27.1. The Kier molecular flexibility index (Phi) is 8.08. The summed E-state index contributed by atoms with van der Waals surface area (Å²) in [5, 5.41) is 19.4. The van der Waals surface area contributed by atoms with Crippen LogP contribution in [0.15, 0.2) is 58.7 Å². The minimum Gasteiger partial charge on any atom is -0.387 e. The lowest BCUT2D eigenvalue weighted by atomic mass is 9.90. The van der Waals surface area contributed by atoms with E-state index in [0.29, 0.717) is 47.4 Å². The Hall–Kier alpha value is -4.22. The van der Waals surface area contributed by atoms with Crippen LogP contribution < -0.4 is 11.0 Å². The highest BCUT2D eigenvalue weighted by molar-refractivity contribution is 6.16. The molecule has 4 aromatic rings. The fourth-order valence-corrected chi connectivity index (χ4v) is 7.40. The molecule has 2 fully saturated rings. The molecule has 11 heteroatoms. The van der Waals surface area contributed by atoms with Crippen LogP contribution in [0.4, 0.5) is 4.39 Å². The number of hydrogen-bond acceptors (Lipinski definition) is 7. The molecule has 0 bridgehead atoms. The summed E-state index contributed by atoms with van der Waals surface area (Å²) in [4.78, 5) is 31.2. The molecule has 1 aliphatic heterocycles. The second-order valence-corrected chi connectivity index (χ2v) is 13.7. The van der Waals surface area contributed by atoms with E-state index in [9.17, 15) is 14.7 Å². The van der Waals surface area contributed by atoms with Crippen LogP contribution in [0, 0.1) is 5.82 Å². The number of nitrogens with zero attached hydrogens (tertiary/aromatic N) is 5. The van der Waals surface area contributed by atoms with Crippen LogP contribution in [0.25, 0.3) is 16.9 Å². The molecule has 1 amide bonds. The van der Waals surface area contributed by atoms with Gasteiger partial charge in [-0.05, 0) is 75.5 Å². The normalized spacial score (nSPS) is 20.8. The second kappa shape index (κ2) is 12.1. The van der Waals surface area contributed by atoms with Gasteiger partial charge in [-0.15, -0.1) is 0 Å². The van der Waals surface area contributed by atoms with Gasteiger partial charge in [0.2, 0.25) is 11.7 Å². The summed E-state index contributed by atoms with van der Waals surface area (Å²) in [7, 11) is 0. The molecule has 10 nitrogen and oxygen atoms in total. The lowest BCUT2D eigenvalue weighted by Crippen LogP contribution is -2.44. The molecule has 0 unspecified atom stereocenters. The number of aromatic nitrogens is 4. The zero-order chi connectivity index (χ0) is 32.9. The minimum atomic E-state index is -0.899. The van der Waals surface area contributed by atoms with Crippen molar-refractivity contribution in [3.8, 4) is 11.1 Å². The van der Waals surface area contributed by atoms with Crippen molar-refractivity contribution in [2.24, 2.45) is 5.10 Å². The van der Waals surface area contributed by atoms with Crippen molar-refractivity contribution in [2.45, 2.75) is 108 Å². The molecule has 2 aliphatic carbocycles. The molecular weight excluding hydrogens is 599 g/mol. The molecule has 0 saturated heterocycles. The van der Waals surface area contributed by atoms with Crippen molar-refractivity contribution >= 4 is 17.4 Å². The molecule has 3 heterocycles. The monoisotopic (exact) mass is 640 g/mol. The predicted molar refractivity (Wildman–Crippen MR) is 176 cm³/mol. The number of halogens is 1. The fourth-order valence-electron chi connectivity index (χ4n) is 7.40. The molecule has 2 saturated carbocycles. The number of aryl methyl sites for hydroxylation is 1. The summed E-state index contributed by atoms with van der Waals surface area (Å²) >= 11 is 0. The predicted octanol–water partition coefficient (Wildman–Crippen LogP) is 5.27. The Morgan fingerprint density at radius 3 is 2.47 bits per heavy atom. The third-order valence-electron chi connectivity index (χ3n) is 10.1. The first kappa shape index (κ1) is 31.4. The van der Waals surface area contributed by atoms with Crippen molar-refractivity contribution in [3.63, 3.8) is 0 Å². The topological polar surface area (TPSA) is 123 Å². The number of carbonyl (C=O) groups excluding carboxylic acids is 1. The quantitative estimate of drug-likeness (QED) is 0.244. The van der Waals surface area contributed by atoms with E-state index >= 15 is 4.39 Å². The maximum atomic E-state index is 16.7. The maximum Gasteiger partial charge on any atom is 0.259 e. The van der Waals surface area contributed by atoms with Gasteiger partial charge in [-0.2, -0.15) is 15.2 Å². The van der Waals surface area contributed by atoms with Gasteiger partial charge in [0, 0.05) is 23.6 Å². The summed E-state index contributed by atoms with van der Waals surface area (Å²) < 4.78 is 26.7. The number of rotatable bonds is 10. The standard InChI is InChI=1S/C36H41FN6O4/c1-4-8-29-27(19-23-11-16-26(22-9-6-5-7-10-22)31(32(23)37)28-20-30(44)41-40-28)33(45)42(34-38-21-39-43(29)34)24-12-14-25(15-13-24)47-36(17-18-36)35(2,3)46/h5-7,9-11,16,21,24-25,46H,4,8,12-15,17-20H2,1-3H3,(H,41,44). The van der Waals surface area contributed by atoms with Crippen molar-refractivity contribution in [3.05, 3.63) is 87.3 Å². The molecule has 0 atom stereocenters. The summed E-state index contributed by atoms with van der Waals surface area (Å²) in [6.07, 6.45) is 7.50. The first-order valence-electron chi connectivity index (χ1n) is 16.7. The number of carbonyl (C=O) groups is 1. The molecule has 0 radical (unpaired) electrons. The van der Waals surface area contributed by atoms with Crippen LogP contribution in [-0.4, -0.2) is 53.2 Å². The number of nitrogens with one attached hydrogen (secondary N) is 1. The summed E-state index contributed by atoms with van der Waals surface area (Å²) in [5.74, 6) is -0.291. The highest BCUT2D eigenvalue weighted by atomic mass is 19.1. The van der Waals surface area contributed by atoms with Gasteiger partial charge in [-0.1, -0.05) is 55.8 Å². The molecule has 2 aromatic heterocycles. The maximum absolute atomic E-state index is 16.7.